The standard InChI is InChI=1S/C16H14O5/c1-10-7-8-12(14(16(19)20)13(10)15(17)18)21-9-11-5-3-2-4-6-11/h2-8H,9H2,1H3,(H,17,18)(H,19,20). The van der Waals surface area contributed by atoms with Crippen LogP contribution in [0, 0.1) is 6.92 Å². The highest BCUT2D eigenvalue weighted by molar-refractivity contribution is 6.04. The third-order valence-corrected chi connectivity index (χ3v) is 3.04. The van der Waals surface area contributed by atoms with Crippen molar-refractivity contribution in [1.82, 2.24) is 0 Å². The Kier molecular flexibility index (Phi) is 4.23. The van der Waals surface area contributed by atoms with Crippen LogP contribution in [0.1, 0.15) is 31.8 Å². The first-order chi connectivity index (χ1) is 10.0. The van der Waals surface area contributed by atoms with Gasteiger partial charge < -0.3 is 14.9 Å². The molecule has 2 N–H and O–H groups in total. The first-order valence-corrected chi connectivity index (χ1v) is 6.27. The maximum Gasteiger partial charge on any atom is 0.340 e. The molecule has 0 spiro atoms. The van der Waals surface area contributed by atoms with Crippen LogP contribution in [0.15, 0.2) is 42.5 Å². The van der Waals surface area contributed by atoms with E-state index in [1.807, 2.05) is 30.3 Å². The number of hydrogen-bond acceptors (Lipinski definition) is 3. The lowest BCUT2D eigenvalue weighted by molar-refractivity contribution is 0.0646. The number of hydrogen-bond donors (Lipinski definition) is 2. The number of aryl methyl sites for hydroxylation is 1. The van der Waals surface area contributed by atoms with Gasteiger partial charge in [-0.05, 0) is 24.1 Å². The highest BCUT2D eigenvalue weighted by atomic mass is 16.5. The van der Waals surface area contributed by atoms with Crippen LogP contribution in [-0.4, -0.2) is 22.2 Å². The Balaban J connectivity index is 2.37. The third kappa shape index (κ3) is 3.20. The minimum absolute atomic E-state index is 0.0503. The largest absolute Gasteiger partial charge is 0.488 e. The van der Waals surface area contributed by atoms with Gasteiger partial charge in [-0.1, -0.05) is 36.4 Å². The van der Waals surface area contributed by atoms with E-state index in [9.17, 15) is 19.8 Å². The van der Waals surface area contributed by atoms with E-state index in [1.165, 1.54) is 12.1 Å². The van der Waals surface area contributed by atoms with E-state index in [-0.39, 0.29) is 23.5 Å². The molecule has 2 aromatic carbocycles. The highest BCUT2D eigenvalue weighted by Gasteiger charge is 2.23. The molecule has 108 valence electrons. The number of rotatable bonds is 5. The van der Waals surface area contributed by atoms with Crippen LogP contribution in [0.4, 0.5) is 0 Å². The molecule has 0 bridgehead atoms. The van der Waals surface area contributed by atoms with Gasteiger partial charge in [0.2, 0.25) is 0 Å². The van der Waals surface area contributed by atoms with Gasteiger partial charge in [-0.15, -0.1) is 0 Å². The molecule has 5 heteroatoms. The van der Waals surface area contributed by atoms with Gasteiger partial charge in [-0.2, -0.15) is 0 Å². The second-order valence-electron chi connectivity index (χ2n) is 4.52. The van der Waals surface area contributed by atoms with Crippen molar-refractivity contribution in [3.63, 3.8) is 0 Å². The molecule has 5 nitrogen and oxygen atoms in total. The summed E-state index contributed by atoms with van der Waals surface area (Å²) < 4.78 is 5.49. The molecule has 0 amide bonds. The fourth-order valence-electron chi connectivity index (χ4n) is 2.03. The summed E-state index contributed by atoms with van der Waals surface area (Å²) in [6.07, 6.45) is 0. The topological polar surface area (TPSA) is 83.8 Å². The molecule has 0 fully saturated rings. The average molecular weight is 286 g/mol. The maximum absolute atomic E-state index is 11.4. The van der Waals surface area contributed by atoms with Gasteiger partial charge in [0.05, 0.1) is 5.56 Å². The number of carbonyl (C=O) groups is 2. The molecule has 2 aromatic rings. The Morgan fingerprint density at radius 3 is 2.14 bits per heavy atom. The van der Waals surface area contributed by atoms with Crippen LogP contribution in [0.3, 0.4) is 0 Å². The second-order valence-corrected chi connectivity index (χ2v) is 4.52. The Bertz CT molecular complexity index is 677. The molecule has 0 atom stereocenters. The van der Waals surface area contributed by atoms with Crippen LogP contribution >= 0.6 is 0 Å². The molecule has 0 aliphatic carbocycles. The summed E-state index contributed by atoms with van der Waals surface area (Å²) in [6, 6.07) is 12.2. The highest BCUT2D eigenvalue weighted by Crippen LogP contribution is 2.26. The summed E-state index contributed by atoms with van der Waals surface area (Å²) in [6.45, 7) is 1.72. The van der Waals surface area contributed by atoms with Crippen molar-refractivity contribution in [1.29, 1.82) is 0 Å². The lowest BCUT2D eigenvalue weighted by Crippen LogP contribution is -2.12. The maximum atomic E-state index is 11.4. The van der Waals surface area contributed by atoms with E-state index in [0.717, 1.165) is 5.56 Å². The smallest absolute Gasteiger partial charge is 0.340 e. The minimum atomic E-state index is -1.32. The van der Waals surface area contributed by atoms with Gasteiger partial charge >= 0.3 is 11.9 Å². The molecule has 0 aliphatic heterocycles. The Labute approximate surface area is 121 Å². The number of ether oxygens (including phenoxy) is 1. The molecule has 0 unspecified atom stereocenters. The Hall–Kier alpha value is -2.82. The zero-order valence-corrected chi connectivity index (χ0v) is 11.4. The lowest BCUT2D eigenvalue weighted by atomic mass is 10.0. The summed E-state index contributed by atoms with van der Waals surface area (Å²) in [4.78, 5) is 22.6. The van der Waals surface area contributed by atoms with E-state index >= 15 is 0 Å². The van der Waals surface area contributed by atoms with Crippen LogP contribution in [-0.2, 0) is 6.61 Å². The molecular weight excluding hydrogens is 272 g/mol. The van der Waals surface area contributed by atoms with Crippen molar-refractivity contribution >= 4 is 11.9 Å². The van der Waals surface area contributed by atoms with Crippen molar-refractivity contribution in [2.24, 2.45) is 0 Å². The van der Waals surface area contributed by atoms with Crippen LogP contribution < -0.4 is 4.74 Å². The van der Waals surface area contributed by atoms with Crippen molar-refractivity contribution in [3.05, 3.63) is 64.7 Å². The number of carboxylic acid groups (broad SMARTS) is 2. The third-order valence-electron chi connectivity index (χ3n) is 3.04. The zero-order valence-electron chi connectivity index (χ0n) is 11.4. The molecule has 0 radical (unpaired) electrons. The summed E-state index contributed by atoms with van der Waals surface area (Å²) >= 11 is 0. The normalized spacial score (nSPS) is 10.1. The predicted octanol–water partition coefficient (Wildman–Crippen LogP) is 2.97. The van der Waals surface area contributed by atoms with E-state index in [4.69, 9.17) is 4.74 Å². The first-order valence-electron chi connectivity index (χ1n) is 6.27. The van der Waals surface area contributed by atoms with Gasteiger partial charge in [-0.3, -0.25) is 0 Å². The van der Waals surface area contributed by atoms with Crippen LogP contribution in [0.2, 0.25) is 0 Å². The summed E-state index contributed by atoms with van der Waals surface area (Å²) in [5.41, 5.74) is 0.685. The zero-order chi connectivity index (χ0) is 15.4. The Morgan fingerprint density at radius 1 is 0.952 bits per heavy atom. The quantitative estimate of drug-likeness (QED) is 0.882. The van der Waals surface area contributed by atoms with E-state index in [0.29, 0.717) is 5.56 Å². The van der Waals surface area contributed by atoms with Gasteiger partial charge in [0.1, 0.15) is 17.9 Å². The average Bonchev–Trinajstić information content (AvgIpc) is 2.46. The van der Waals surface area contributed by atoms with Gasteiger partial charge in [0, 0.05) is 0 Å². The molecule has 0 aromatic heterocycles. The SMILES string of the molecule is Cc1ccc(OCc2ccccc2)c(C(=O)O)c1C(=O)O. The Morgan fingerprint density at radius 2 is 1.57 bits per heavy atom. The number of aromatic carboxylic acids is 2. The van der Waals surface area contributed by atoms with Gasteiger partial charge in [0.25, 0.3) is 0 Å². The molecule has 0 saturated carbocycles. The summed E-state index contributed by atoms with van der Waals surface area (Å²) in [7, 11) is 0. The second kappa shape index (κ2) is 6.09. The first kappa shape index (κ1) is 14.6. The molecule has 0 heterocycles. The number of benzene rings is 2. The predicted molar refractivity (Wildman–Crippen MR) is 75.9 cm³/mol. The molecular formula is C16H14O5. The molecule has 21 heavy (non-hydrogen) atoms. The van der Waals surface area contributed by atoms with Crippen molar-refractivity contribution in [3.8, 4) is 5.75 Å². The van der Waals surface area contributed by atoms with Crippen LogP contribution in [0.25, 0.3) is 0 Å². The molecule has 0 aliphatic rings. The fourth-order valence-corrected chi connectivity index (χ4v) is 2.03. The number of carboxylic acids is 2. The minimum Gasteiger partial charge on any atom is -0.488 e. The van der Waals surface area contributed by atoms with Crippen molar-refractivity contribution < 1.29 is 24.5 Å². The van der Waals surface area contributed by atoms with Crippen molar-refractivity contribution in [2.45, 2.75) is 13.5 Å². The fraction of sp³-hybridized carbons (Fsp3) is 0.125. The monoisotopic (exact) mass is 286 g/mol. The summed E-state index contributed by atoms with van der Waals surface area (Å²) in [5.74, 6) is -2.55. The van der Waals surface area contributed by atoms with Crippen molar-refractivity contribution in [2.75, 3.05) is 0 Å². The van der Waals surface area contributed by atoms with E-state index < -0.39 is 11.9 Å². The molecule has 2 rings (SSSR count). The van der Waals surface area contributed by atoms with Gasteiger partial charge in [-0.25, -0.2) is 9.59 Å². The molecule has 0 saturated heterocycles. The summed E-state index contributed by atoms with van der Waals surface area (Å²) in [5, 5.41) is 18.5. The van der Waals surface area contributed by atoms with Gasteiger partial charge in [0.15, 0.2) is 0 Å². The lowest BCUT2D eigenvalue weighted by Gasteiger charge is -2.13. The van der Waals surface area contributed by atoms with E-state index in [1.54, 1.807) is 6.92 Å². The van der Waals surface area contributed by atoms with E-state index in [2.05, 4.69) is 0 Å². The van der Waals surface area contributed by atoms with Crippen LogP contribution in [0.5, 0.6) is 5.75 Å².